The first kappa shape index (κ1) is 24.4. The molecular weight excluding hydrogens is 448 g/mol. The zero-order valence-corrected chi connectivity index (χ0v) is 21.1. The monoisotopic (exact) mass is 484 g/mol. The van der Waals surface area contributed by atoms with E-state index in [-0.39, 0.29) is 5.91 Å². The van der Waals surface area contributed by atoms with Crippen LogP contribution in [0.3, 0.4) is 0 Å². The predicted octanol–water partition coefficient (Wildman–Crippen LogP) is 4.09. The van der Waals surface area contributed by atoms with Crippen LogP contribution < -0.4 is 15.5 Å². The lowest BCUT2D eigenvalue weighted by atomic mass is 9.94. The number of benzene rings is 2. The van der Waals surface area contributed by atoms with Gasteiger partial charge in [0.05, 0.1) is 6.20 Å². The van der Waals surface area contributed by atoms with E-state index in [1.165, 1.54) is 48.7 Å². The normalized spacial score (nSPS) is 18.9. The summed E-state index contributed by atoms with van der Waals surface area (Å²) in [5.74, 6) is 0.434. The van der Waals surface area contributed by atoms with Gasteiger partial charge < -0.3 is 20.4 Å². The highest BCUT2D eigenvalue weighted by Crippen LogP contribution is 2.29. The van der Waals surface area contributed by atoms with Crippen LogP contribution in [0, 0.1) is 6.92 Å². The number of aryl methyl sites for hydroxylation is 1. The standard InChI is InChI=1S/C29H36N6O/c1-22-4-2-3-5-27(22)23-10-16-34(21-23)19-15-31-24-11-17-35(18-12-24)26-8-6-25(7-9-26)33-29(36)28-20-30-13-14-32-28/h2-9,13-14,20,23-24,31H,10-12,15-19,21H2,1H3,(H,33,36)/t23-/m0/s1. The lowest BCUT2D eigenvalue weighted by Gasteiger charge is -2.34. The smallest absolute Gasteiger partial charge is 0.275 e. The zero-order valence-electron chi connectivity index (χ0n) is 21.1. The molecule has 2 aliphatic rings. The Morgan fingerprint density at radius 3 is 2.56 bits per heavy atom. The van der Waals surface area contributed by atoms with Crippen LogP contribution in [-0.2, 0) is 0 Å². The van der Waals surface area contributed by atoms with Crippen molar-refractivity contribution in [2.24, 2.45) is 0 Å². The Balaban J connectivity index is 1.02. The molecule has 2 N–H and O–H groups in total. The minimum Gasteiger partial charge on any atom is -0.371 e. The Kier molecular flexibility index (Phi) is 7.88. The number of piperidine rings is 1. The Morgan fingerprint density at radius 1 is 1.00 bits per heavy atom. The summed E-state index contributed by atoms with van der Waals surface area (Å²) >= 11 is 0. The van der Waals surface area contributed by atoms with Gasteiger partial charge in [-0.3, -0.25) is 9.78 Å². The van der Waals surface area contributed by atoms with Crippen LogP contribution >= 0.6 is 0 Å². The Labute approximate surface area is 213 Å². The van der Waals surface area contributed by atoms with E-state index < -0.39 is 0 Å². The molecule has 7 nitrogen and oxygen atoms in total. The number of anilines is 2. The van der Waals surface area contributed by atoms with Gasteiger partial charge in [-0.05, 0) is 74.0 Å². The third-order valence-electron chi connectivity index (χ3n) is 7.54. The Morgan fingerprint density at radius 2 is 1.81 bits per heavy atom. The molecule has 2 aromatic carbocycles. The second-order valence-electron chi connectivity index (χ2n) is 9.95. The quantitative estimate of drug-likeness (QED) is 0.502. The van der Waals surface area contributed by atoms with E-state index in [0.717, 1.165) is 44.7 Å². The third kappa shape index (κ3) is 6.09. The third-order valence-corrected chi connectivity index (χ3v) is 7.54. The van der Waals surface area contributed by atoms with Crippen LogP contribution in [-0.4, -0.2) is 66.1 Å². The topological polar surface area (TPSA) is 73.4 Å². The fourth-order valence-corrected chi connectivity index (χ4v) is 5.47. The number of hydrogen-bond donors (Lipinski definition) is 2. The Hall–Kier alpha value is -3.29. The number of hydrogen-bond acceptors (Lipinski definition) is 6. The molecule has 1 atom stereocenters. The van der Waals surface area contributed by atoms with E-state index in [2.05, 4.69) is 73.7 Å². The van der Waals surface area contributed by atoms with E-state index in [4.69, 9.17) is 0 Å². The van der Waals surface area contributed by atoms with E-state index in [1.807, 2.05) is 12.1 Å². The van der Waals surface area contributed by atoms with Crippen molar-refractivity contribution < 1.29 is 4.79 Å². The van der Waals surface area contributed by atoms with Crippen LogP contribution in [0.25, 0.3) is 0 Å². The maximum absolute atomic E-state index is 12.3. The number of nitrogens with zero attached hydrogens (tertiary/aromatic N) is 4. The summed E-state index contributed by atoms with van der Waals surface area (Å²) in [5, 5.41) is 6.69. The number of nitrogens with one attached hydrogen (secondary N) is 2. The van der Waals surface area contributed by atoms with Gasteiger partial charge in [-0.2, -0.15) is 0 Å². The zero-order chi connectivity index (χ0) is 24.7. The van der Waals surface area contributed by atoms with Crippen molar-refractivity contribution in [1.29, 1.82) is 0 Å². The maximum Gasteiger partial charge on any atom is 0.275 e. The Bertz CT molecular complexity index is 1130. The van der Waals surface area contributed by atoms with Gasteiger partial charge in [-0.25, -0.2) is 4.98 Å². The van der Waals surface area contributed by atoms with Crippen molar-refractivity contribution in [3.05, 3.63) is 83.9 Å². The van der Waals surface area contributed by atoms with Crippen LogP contribution in [0.15, 0.2) is 67.1 Å². The minimum atomic E-state index is -0.248. The molecular formula is C29H36N6O. The first-order valence-electron chi connectivity index (χ1n) is 13.1. The van der Waals surface area contributed by atoms with Crippen molar-refractivity contribution >= 4 is 17.3 Å². The molecule has 36 heavy (non-hydrogen) atoms. The number of rotatable bonds is 8. The van der Waals surface area contributed by atoms with Gasteiger partial charge in [0.2, 0.25) is 0 Å². The van der Waals surface area contributed by atoms with Gasteiger partial charge in [0, 0.05) is 62.5 Å². The van der Waals surface area contributed by atoms with Gasteiger partial charge in [-0.15, -0.1) is 0 Å². The number of carbonyl (C=O) groups is 1. The van der Waals surface area contributed by atoms with Crippen molar-refractivity contribution in [1.82, 2.24) is 20.2 Å². The summed E-state index contributed by atoms with van der Waals surface area (Å²) in [6, 6.07) is 17.5. The van der Waals surface area contributed by atoms with E-state index in [0.29, 0.717) is 17.7 Å². The minimum absolute atomic E-state index is 0.248. The molecule has 2 saturated heterocycles. The highest BCUT2D eigenvalue weighted by atomic mass is 16.1. The number of amides is 1. The van der Waals surface area contributed by atoms with Gasteiger partial charge in [0.15, 0.2) is 0 Å². The molecule has 188 valence electrons. The van der Waals surface area contributed by atoms with Crippen molar-refractivity contribution in [3.8, 4) is 0 Å². The summed E-state index contributed by atoms with van der Waals surface area (Å²) in [6.07, 6.45) is 8.11. The molecule has 5 rings (SSSR count). The van der Waals surface area contributed by atoms with Crippen molar-refractivity contribution in [2.45, 2.75) is 38.1 Å². The molecule has 0 radical (unpaired) electrons. The summed E-state index contributed by atoms with van der Waals surface area (Å²) < 4.78 is 0. The fraction of sp³-hybridized carbons (Fsp3) is 0.414. The van der Waals surface area contributed by atoms with Crippen LogP contribution in [0.5, 0.6) is 0 Å². The molecule has 3 aromatic rings. The van der Waals surface area contributed by atoms with Gasteiger partial charge >= 0.3 is 0 Å². The van der Waals surface area contributed by atoms with E-state index in [1.54, 1.807) is 6.20 Å². The molecule has 0 aliphatic carbocycles. The largest absolute Gasteiger partial charge is 0.371 e. The lowest BCUT2D eigenvalue weighted by molar-refractivity contribution is 0.102. The molecule has 2 aliphatic heterocycles. The van der Waals surface area contributed by atoms with E-state index >= 15 is 0 Å². The molecule has 1 aromatic heterocycles. The highest BCUT2D eigenvalue weighted by Gasteiger charge is 2.25. The molecule has 2 fully saturated rings. The van der Waals surface area contributed by atoms with Crippen molar-refractivity contribution in [3.63, 3.8) is 0 Å². The molecule has 0 bridgehead atoms. The molecule has 0 saturated carbocycles. The first-order chi connectivity index (χ1) is 17.7. The lowest BCUT2D eigenvalue weighted by Crippen LogP contribution is -2.44. The molecule has 3 heterocycles. The number of likely N-dealkylation sites (tertiary alicyclic amines) is 1. The van der Waals surface area contributed by atoms with Gasteiger partial charge in [0.25, 0.3) is 5.91 Å². The van der Waals surface area contributed by atoms with Gasteiger partial charge in [0.1, 0.15) is 5.69 Å². The van der Waals surface area contributed by atoms with Crippen LogP contribution in [0.4, 0.5) is 11.4 Å². The summed E-state index contributed by atoms with van der Waals surface area (Å²) in [4.78, 5) is 25.3. The van der Waals surface area contributed by atoms with Crippen molar-refractivity contribution in [2.75, 3.05) is 49.5 Å². The molecule has 0 spiro atoms. The average molecular weight is 485 g/mol. The second kappa shape index (κ2) is 11.6. The first-order valence-corrected chi connectivity index (χ1v) is 13.1. The average Bonchev–Trinajstić information content (AvgIpc) is 3.39. The molecule has 7 heteroatoms. The second-order valence-corrected chi connectivity index (χ2v) is 9.95. The number of aromatic nitrogens is 2. The van der Waals surface area contributed by atoms with Gasteiger partial charge in [-0.1, -0.05) is 24.3 Å². The molecule has 0 unspecified atom stereocenters. The van der Waals surface area contributed by atoms with E-state index in [9.17, 15) is 4.79 Å². The summed E-state index contributed by atoms with van der Waals surface area (Å²) in [6.45, 7) is 8.90. The molecule has 1 amide bonds. The highest BCUT2D eigenvalue weighted by molar-refractivity contribution is 6.02. The maximum atomic E-state index is 12.3. The fourth-order valence-electron chi connectivity index (χ4n) is 5.47. The SMILES string of the molecule is Cc1ccccc1[C@H]1CCN(CCNC2CCN(c3ccc(NC(=O)c4cnccn4)cc3)CC2)C1. The number of carbonyl (C=O) groups excluding carboxylic acids is 1. The van der Waals surface area contributed by atoms with Crippen LogP contribution in [0.1, 0.15) is 46.8 Å². The van der Waals surface area contributed by atoms with Crippen LogP contribution in [0.2, 0.25) is 0 Å². The predicted molar refractivity (Wildman–Crippen MR) is 145 cm³/mol. The summed E-state index contributed by atoms with van der Waals surface area (Å²) in [7, 11) is 0. The summed E-state index contributed by atoms with van der Waals surface area (Å²) in [5.41, 5.74) is 5.23.